The number of carbonyl (C=O) groups is 1. The Hall–Kier alpha value is -2.46. The number of nitrogens with one attached hydrogen (secondary N) is 1. The lowest BCUT2D eigenvalue weighted by Crippen LogP contribution is -2.53. The Morgan fingerprint density at radius 1 is 1.16 bits per heavy atom. The Morgan fingerprint density at radius 3 is 3.03 bits per heavy atom. The van der Waals surface area contributed by atoms with Crippen LogP contribution in [0.1, 0.15) is 63.4 Å². The highest BCUT2D eigenvalue weighted by atomic mass is 16.5. The zero-order valence-electron chi connectivity index (χ0n) is 18.7. The van der Waals surface area contributed by atoms with Gasteiger partial charge >= 0.3 is 0 Å². The van der Waals surface area contributed by atoms with Gasteiger partial charge in [-0.15, -0.1) is 0 Å². The monoisotopic (exact) mass is 426 g/mol. The second-order valence-corrected chi connectivity index (χ2v) is 11.0. The maximum absolute atomic E-state index is 12.5. The van der Waals surface area contributed by atoms with E-state index in [-0.39, 0.29) is 22.5 Å². The molecule has 3 fully saturated rings. The third kappa shape index (κ3) is 2.37. The minimum absolute atomic E-state index is 0.144. The third-order valence-electron chi connectivity index (χ3n) is 9.57. The third-order valence-corrected chi connectivity index (χ3v) is 9.57. The number of rotatable bonds is 1. The number of allylic oxidation sites excluding steroid dienone is 1. The first-order valence-electron chi connectivity index (χ1n) is 12.2. The summed E-state index contributed by atoms with van der Waals surface area (Å²) < 4.78 is 7.16. The second kappa shape index (κ2) is 6.32. The zero-order valence-corrected chi connectivity index (χ0v) is 18.7. The van der Waals surface area contributed by atoms with E-state index >= 15 is 0 Å². The van der Waals surface area contributed by atoms with Crippen molar-refractivity contribution in [1.82, 2.24) is 10.3 Å². The summed E-state index contributed by atoms with van der Waals surface area (Å²) in [6.07, 6.45) is 15.7. The van der Waals surface area contributed by atoms with Gasteiger partial charge in [-0.3, -0.25) is 9.78 Å². The van der Waals surface area contributed by atoms with Crippen molar-refractivity contribution in [1.29, 1.82) is 0 Å². The predicted octanol–water partition coefficient (Wildman–Crippen LogP) is 5.20. The molecule has 32 heavy (non-hydrogen) atoms. The van der Waals surface area contributed by atoms with Gasteiger partial charge in [0.25, 0.3) is 0 Å². The summed E-state index contributed by atoms with van der Waals surface area (Å²) in [5.41, 5.74) is 3.77. The summed E-state index contributed by atoms with van der Waals surface area (Å²) in [7, 11) is 0. The first kappa shape index (κ1) is 19.0. The van der Waals surface area contributed by atoms with Crippen molar-refractivity contribution in [2.75, 3.05) is 6.54 Å². The molecule has 1 aromatic heterocycles. The lowest BCUT2D eigenvalue weighted by molar-refractivity contribution is -0.141. The van der Waals surface area contributed by atoms with Crippen molar-refractivity contribution in [3.8, 4) is 0 Å². The van der Waals surface area contributed by atoms with Gasteiger partial charge < -0.3 is 10.1 Å². The number of ether oxygens (including phenoxy) is 1. The summed E-state index contributed by atoms with van der Waals surface area (Å²) in [5.74, 6) is 1.16. The van der Waals surface area contributed by atoms with Gasteiger partial charge in [0.05, 0.1) is 17.6 Å². The molecule has 164 valence electrons. The van der Waals surface area contributed by atoms with Gasteiger partial charge in [0.15, 0.2) is 0 Å². The van der Waals surface area contributed by atoms with Crippen LogP contribution in [0.25, 0.3) is 10.8 Å². The van der Waals surface area contributed by atoms with Crippen LogP contribution in [0.5, 0.6) is 0 Å². The standard InChI is InChI=1S/C28H30N2O2/c1-26-9-6-22-15-21-8-13-30-25(31)16-27(21)10-11-28(22,32-27)24(26)5-4-23(26)19-3-2-18-7-12-29-17-20(18)14-19/h2-3,6-7,12,14-15,17,23-24H,4-5,8-11,13,16H2,1H3,(H,30,31)/t23-,24-,26-,27-,28?/m1/s1. The minimum Gasteiger partial charge on any atom is -0.359 e. The molecule has 4 nitrogen and oxygen atoms in total. The van der Waals surface area contributed by atoms with E-state index in [1.807, 2.05) is 12.4 Å². The molecular weight excluding hydrogens is 396 g/mol. The molecule has 2 aliphatic carbocycles. The van der Waals surface area contributed by atoms with E-state index in [0.717, 1.165) is 32.2 Å². The maximum atomic E-state index is 12.5. The molecule has 2 aromatic rings. The van der Waals surface area contributed by atoms with Crippen LogP contribution in [-0.4, -0.2) is 28.6 Å². The quantitative estimate of drug-likeness (QED) is 0.682. The molecule has 4 heteroatoms. The van der Waals surface area contributed by atoms with E-state index < -0.39 is 0 Å². The van der Waals surface area contributed by atoms with Gasteiger partial charge in [0, 0.05) is 24.3 Å². The van der Waals surface area contributed by atoms with E-state index in [0.29, 0.717) is 18.3 Å². The Morgan fingerprint density at radius 2 is 2.09 bits per heavy atom. The fourth-order valence-corrected chi connectivity index (χ4v) is 8.07. The highest BCUT2D eigenvalue weighted by Gasteiger charge is 2.66. The molecule has 0 radical (unpaired) electrons. The number of hydrogen-bond acceptors (Lipinski definition) is 3. The molecule has 3 aliphatic heterocycles. The normalized spacial score (nSPS) is 40.0. The Kier molecular flexibility index (Phi) is 3.76. The lowest BCUT2D eigenvalue weighted by Gasteiger charge is -2.53. The maximum Gasteiger partial charge on any atom is 0.223 e. The fraction of sp³-hybridized carbons (Fsp3) is 0.500. The molecule has 1 saturated carbocycles. The lowest BCUT2D eigenvalue weighted by atomic mass is 9.58. The van der Waals surface area contributed by atoms with Crippen LogP contribution < -0.4 is 5.32 Å². The number of fused-ring (bicyclic) bond motifs is 2. The van der Waals surface area contributed by atoms with Crippen LogP contribution in [0, 0.1) is 11.3 Å². The average molecular weight is 427 g/mol. The van der Waals surface area contributed by atoms with Gasteiger partial charge in [0.2, 0.25) is 5.91 Å². The van der Waals surface area contributed by atoms with Crippen molar-refractivity contribution < 1.29 is 9.53 Å². The number of amides is 1. The molecule has 5 aliphatic rings. The van der Waals surface area contributed by atoms with Crippen LogP contribution >= 0.6 is 0 Å². The van der Waals surface area contributed by atoms with Gasteiger partial charge in [-0.2, -0.15) is 0 Å². The molecule has 2 bridgehead atoms. The molecule has 7 rings (SSSR count). The van der Waals surface area contributed by atoms with E-state index in [4.69, 9.17) is 4.74 Å². The fourth-order valence-electron chi connectivity index (χ4n) is 8.07. The molecule has 1 unspecified atom stereocenters. The molecule has 1 N–H and O–H groups in total. The first-order chi connectivity index (χ1) is 15.5. The number of hydrogen-bond donors (Lipinski definition) is 1. The largest absolute Gasteiger partial charge is 0.359 e. The topological polar surface area (TPSA) is 51.2 Å². The molecule has 2 spiro atoms. The number of benzene rings is 1. The Labute approximate surface area is 189 Å². The van der Waals surface area contributed by atoms with E-state index in [1.54, 1.807) is 0 Å². The van der Waals surface area contributed by atoms with Crippen LogP contribution in [0.3, 0.4) is 0 Å². The van der Waals surface area contributed by atoms with Gasteiger partial charge in [0.1, 0.15) is 0 Å². The number of pyridine rings is 1. The van der Waals surface area contributed by atoms with Crippen LogP contribution in [0.15, 0.2) is 60.0 Å². The Balaban J connectivity index is 1.31. The summed E-state index contributed by atoms with van der Waals surface area (Å²) in [6.45, 7) is 3.23. The molecular formula is C28H30N2O2. The van der Waals surface area contributed by atoms with Crippen LogP contribution in [0.4, 0.5) is 0 Å². The van der Waals surface area contributed by atoms with E-state index in [1.165, 1.54) is 40.3 Å². The summed E-state index contributed by atoms with van der Waals surface area (Å²) in [4.78, 5) is 16.8. The Bertz CT molecular complexity index is 1210. The smallest absolute Gasteiger partial charge is 0.223 e. The summed E-state index contributed by atoms with van der Waals surface area (Å²) in [5, 5.41) is 5.55. The van der Waals surface area contributed by atoms with Crippen molar-refractivity contribution in [3.63, 3.8) is 0 Å². The number of carbonyl (C=O) groups excluding carboxylic acids is 1. The highest BCUT2D eigenvalue weighted by molar-refractivity contribution is 5.82. The van der Waals surface area contributed by atoms with E-state index in [2.05, 4.69) is 53.6 Å². The van der Waals surface area contributed by atoms with Gasteiger partial charge in [-0.05, 0) is 90.0 Å². The van der Waals surface area contributed by atoms with Gasteiger partial charge in [-0.1, -0.05) is 31.2 Å². The zero-order chi connectivity index (χ0) is 21.6. The van der Waals surface area contributed by atoms with Crippen molar-refractivity contribution in [2.24, 2.45) is 11.3 Å². The summed E-state index contributed by atoms with van der Waals surface area (Å²) >= 11 is 0. The number of nitrogens with zero attached hydrogens (tertiary/aromatic N) is 1. The molecule has 1 aromatic carbocycles. The second-order valence-electron chi connectivity index (χ2n) is 11.0. The molecule has 5 atom stereocenters. The van der Waals surface area contributed by atoms with E-state index in [9.17, 15) is 4.79 Å². The highest BCUT2D eigenvalue weighted by Crippen LogP contribution is 2.68. The predicted molar refractivity (Wildman–Crippen MR) is 124 cm³/mol. The average Bonchev–Trinajstić information content (AvgIpc) is 3.25. The van der Waals surface area contributed by atoms with Crippen LogP contribution in [-0.2, 0) is 9.53 Å². The van der Waals surface area contributed by atoms with Gasteiger partial charge in [-0.25, -0.2) is 0 Å². The minimum atomic E-state index is -0.372. The molecule has 4 heterocycles. The molecule has 1 amide bonds. The SMILES string of the molecule is C[C@]12CC=C3C=C4CCNC(=O)C[C@]45CCC3(O5)[C@@H]1CC[C@@H]2c1ccc2ccncc2c1. The summed E-state index contributed by atoms with van der Waals surface area (Å²) in [6, 6.07) is 9.05. The van der Waals surface area contributed by atoms with Crippen molar-refractivity contribution >= 4 is 16.7 Å². The number of aromatic nitrogens is 1. The van der Waals surface area contributed by atoms with Crippen molar-refractivity contribution in [3.05, 3.63) is 65.5 Å². The van der Waals surface area contributed by atoms with Crippen LogP contribution in [0.2, 0.25) is 0 Å². The van der Waals surface area contributed by atoms with Crippen molar-refractivity contribution in [2.45, 2.75) is 69.0 Å². The first-order valence-corrected chi connectivity index (χ1v) is 12.2. The molecule has 2 saturated heterocycles.